The van der Waals surface area contributed by atoms with Gasteiger partial charge in [0.15, 0.2) is 0 Å². The fourth-order valence-corrected chi connectivity index (χ4v) is 1.80. The smallest absolute Gasteiger partial charge is 0.288 e. The van der Waals surface area contributed by atoms with Gasteiger partial charge >= 0.3 is 0 Å². The van der Waals surface area contributed by atoms with Crippen molar-refractivity contribution in [3.05, 3.63) is 29.8 Å². The first-order valence-electron chi connectivity index (χ1n) is 4.37. The summed E-state index contributed by atoms with van der Waals surface area (Å²) in [5.74, 6) is -2.36. The molecule has 1 aromatic rings. The summed E-state index contributed by atoms with van der Waals surface area (Å²) in [5.41, 5.74) is 6.63. The molecule has 1 unspecified atom stereocenters. The van der Waals surface area contributed by atoms with Crippen LogP contribution in [-0.4, -0.2) is 11.8 Å². The van der Waals surface area contributed by atoms with E-state index in [0.29, 0.717) is 16.7 Å². The first kappa shape index (κ1) is 11.5. The number of benzene rings is 1. The minimum absolute atomic E-state index is 0.0572. The maximum absolute atomic E-state index is 12.1. The molecule has 1 aromatic carbocycles. The van der Waals surface area contributed by atoms with Gasteiger partial charge in [-0.15, -0.1) is 0 Å². The number of rotatable bonds is 4. The minimum atomic E-state index is -2.36. The largest absolute Gasteiger partial charge is 0.328 e. The van der Waals surface area contributed by atoms with Crippen LogP contribution in [0, 0.1) is 0 Å². The summed E-state index contributed by atoms with van der Waals surface area (Å²) in [6.07, 6.45) is 0.720. The van der Waals surface area contributed by atoms with Crippen LogP contribution in [-0.2, 0) is 6.42 Å². The fraction of sp³-hybridized carbons (Fsp3) is 0.400. The van der Waals surface area contributed by atoms with Crippen molar-refractivity contribution in [3.8, 4) is 0 Å². The fourth-order valence-electron chi connectivity index (χ4n) is 1.22. The van der Waals surface area contributed by atoms with Crippen molar-refractivity contribution in [2.75, 3.05) is 0 Å². The van der Waals surface area contributed by atoms with Gasteiger partial charge in [0.05, 0.1) is 0 Å². The van der Waals surface area contributed by atoms with E-state index in [0.717, 1.165) is 12.0 Å². The van der Waals surface area contributed by atoms with Crippen LogP contribution in [0.2, 0.25) is 0 Å². The third-order valence-electron chi connectivity index (χ3n) is 1.68. The van der Waals surface area contributed by atoms with E-state index in [1.807, 2.05) is 13.0 Å². The Labute approximate surface area is 86.7 Å². The zero-order valence-electron chi connectivity index (χ0n) is 7.91. The number of thioether (sulfide) groups is 1. The van der Waals surface area contributed by atoms with Crippen molar-refractivity contribution < 1.29 is 8.78 Å². The highest BCUT2D eigenvalue weighted by molar-refractivity contribution is 7.99. The quantitative estimate of drug-likeness (QED) is 0.785. The van der Waals surface area contributed by atoms with Crippen LogP contribution in [0.4, 0.5) is 8.78 Å². The summed E-state index contributed by atoms with van der Waals surface area (Å²) >= 11 is 0.566. The van der Waals surface area contributed by atoms with Gasteiger partial charge in [-0.2, -0.15) is 8.78 Å². The molecule has 0 radical (unpaired) electrons. The van der Waals surface area contributed by atoms with E-state index in [1.165, 1.54) is 0 Å². The normalized spacial score (nSPS) is 13.2. The molecule has 1 atom stereocenters. The Morgan fingerprint density at radius 1 is 1.43 bits per heavy atom. The highest BCUT2D eigenvalue weighted by Gasteiger charge is 2.06. The minimum Gasteiger partial charge on any atom is -0.328 e. The van der Waals surface area contributed by atoms with Gasteiger partial charge in [0.25, 0.3) is 5.76 Å². The molecule has 0 spiro atoms. The Kier molecular flexibility index (Phi) is 4.35. The number of halogens is 2. The Morgan fingerprint density at radius 3 is 2.71 bits per heavy atom. The standard InChI is InChI=1S/C10H13F2NS/c1-7(13)5-8-3-2-4-9(6-8)14-10(11)12/h2-4,6-7,10H,5,13H2,1H3. The van der Waals surface area contributed by atoms with Crippen molar-refractivity contribution in [2.24, 2.45) is 5.73 Å². The van der Waals surface area contributed by atoms with Crippen LogP contribution in [0.1, 0.15) is 12.5 Å². The Balaban J connectivity index is 2.68. The molecule has 2 N–H and O–H groups in total. The van der Waals surface area contributed by atoms with E-state index in [1.54, 1.807) is 18.2 Å². The van der Waals surface area contributed by atoms with Crippen LogP contribution in [0.5, 0.6) is 0 Å². The van der Waals surface area contributed by atoms with E-state index in [2.05, 4.69) is 0 Å². The lowest BCUT2D eigenvalue weighted by Gasteiger charge is -2.06. The maximum Gasteiger partial charge on any atom is 0.288 e. The van der Waals surface area contributed by atoms with Crippen molar-refractivity contribution in [1.29, 1.82) is 0 Å². The molecular formula is C10H13F2NS. The van der Waals surface area contributed by atoms with E-state index in [-0.39, 0.29) is 6.04 Å². The van der Waals surface area contributed by atoms with Gasteiger partial charge in [-0.3, -0.25) is 0 Å². The predicted molar refractivity (Wildman–Crippen MR) is 55.7 cm³/mol. The molecule has 0 bridgehead atoms. The van der Waals surface area contributed by atoms with Crippen molar-refractivity contribution >= 4 is 11.8 Å². The van der Waals surface area contributed by atoms with Crippen molar-refractivity contribution in [1.82, 2.24) is 0 Å². The summed E-state index contributed by atoms with van der Waals surface area (Å²) < 4.78 is 24.1. The van der Waals surface area contributed by atoms with Crippen LogP contribution in [0.25, 0.3) is 0 Å². The molecule has 0 aliphatic rings. The lowest BCUT2D eigenvalue weighted by atomic mass is 10.1. The summed E-state index contributed by atoms with van der Waals surface area (Å²) in [4.78, 5) is 0.596. The van der Waals surface area contributed by atoms with Gasteiger partial charge in [-0.05, 0) is 31.0 Å². The molecule has 0 aromatic heterocycles. The second-order valence-corrected chi connectivity index (χ2v) is 4.27. The topological polar surface area (TPSA) is 26.0 Å². The SMILES string of the molecule is CC(N)Cc1cccc(SC(F)F)c1. The molecule has 1 nitrogen and oxygen atoms in total. The molecule has 0 fully saturated rings. The van der Waals surface area contributed by atoms with Crippen LogP contribution in [0.15, 0.2) is 29.2 Å². The zero-order valence-corrected chi connectivity index (χ0v) is 8.73. The second-order valence-electron chi connectivity index (χ2n) is 3.21. The van der Waals surface area contributed by atoms with Gasteiger partial charge in [0.2, 0.25) is 0 Å². The number of hydrogen-bond acceptors (Lipinski definition) is 2. The van der Waals surface area contributed by atoms with E-state index < -0.39 is 5.76 Å². The van der Waals surface area contributed by atoms with E-state index in [4.69, 9.17) is 5.73 Å². The Bertz CT molecular complexity index is 264. The second kappa shape index (κ2) is 5.32. The first-order chi connectivity index (χ1) is 6.58. The highest BCUT2D eigenvalue weighted by Crippen LogP contribution is 2.25. The highest BCUT2D eigenvalue weighted by atomic mass is 32.2. The van der Waals surface area contributed by atoms with E-state index in [9.17, 15) is 8.78 Å². The molecule has 14 heavy (non-hydrogen) atoms. The molecule has 0 aliphatic heterocycles. The first-order valence-corrected chi connectivity index (χ1v) is 5.25. The summed E-state index contributed by atoms with van der Waals surface area (Å²) in [5, 5.41) is 0. The molecule has 1 rings (SSSR count). The van der Waals surface area contributed by atoms with Gasteiger partial charge in [0, 0.05) is 10.9 Å². The molecular weight excluding hydrogens is 204 g/mol. The van der Waals surface area contributed by atoms with Gasteiger partial charge in [-0.1, -0.05) is 23.9 Å². The molecule has 4 heteroatoms. The number of nitrogens with two attached hydrogens (primary N) is 1. The van der Waals surface area contributed by atoms with E-state index >= 15 is 0 Å². The van der Waals surface area contributed by atoms with Crippen LogP contribution < -0.4 is 5.73 Å². The van der Waals surface area contributed by atoms with Crippen LogP contribution >= 0.6 is 11.8 Å². The summed E-state index contributed by atoms with van der Waals surface area (Å²) in [7, 11) is 0. The molecule has 0 heterocycles. The maximum atomic E-state index is 12.1. The predicted octanol–water partition coefficient (Wildman–Crippen LogP) is 2.89. The van der Waals surface area contributed by atoms with Gasteiger partial charge < -0.3 is 5.73 Å². The van der Waals surface area contributed by atoms with Crippen molar-refractivity contribution in [2.45, 2.75) is 30.0 Å². The van der Waals surface area contributed by atoms with Crippen molar-refractivity contribution in [3.63, 3.8) is 0 Å². The molecule has 0 aliphatic carbocycles. The molecule has 0 saturated heterocycles. The Morgan fingerprint density at radius 2 is 2.14 bits per heavy atom. The summed E-state index contributed by atoms with van der Waals surface area (Å²) in [6.45, 7) is 1.90. The van der Waals surface area contributed by atoms with Crippen LogP contribution in [0.3, 0.4) is 0 Å². The lowest BCUT2D eigenvalue weighted by Crippen LogP contribution is -2.17. The third kappa shape index (κ3) is 4.07. The average Bonchev–Trinajstić information content (AvgIpc) is 2.01. The van der Waals surface area contributed by atoms with Gasteiger partial charge in [0.1, 0.15) is 0 Å². The van der Waals surface area contributed by atoms with Gasteiger partial charge in [-0.25, -0.2) is 0 Å². The molecule has 0 amide bonds. The number of alkyl halides is 2. The third-order valence-corrected chi connectivity index (χ3v) is 2.39. The Hall–Kier alpha value is -0.610. The molecule has 0 saturated carbocycles. The zero-order chi connectivity index (χ0) is 10.6. The summed E-state index contributed by atoms with van der Waals surface area (Å²) in [6, 6.07) is 7.19. The lowest BCUT2D eigenvalue weighted by molar-refractivity contribution is 0.252. The monoisotopic (exact) mass is 217 g/mol. The molecule has 78 valence electrons. The average molecular weight is 217 g/mol. The number of hydrogen-bond donors (Lipinski definition) is 1.